The van der Waals surface area contributed by atoms with E-state index in [1.807, 2.05) is 18.2 Å². The summed E-state index contributed by atoms with van der Waals surface area (Å²) in [7, 11) is 0. The summed E-state index contributed by atoms with van der Waals surface area (Å²) in [5.74, 6) is -0.0940. The number of rotatable bonds is 4. The molecule has 0 aromatic heterocycles. The Kier molecular flexibility index (Phi) is 4.88. The Balaban J connectivity index is 1.98. The molecule has 0 saturated heterocycles. The smallest absolute Gasteiger partial charge is 0.251 e. The van der Waals surface area contributed by atoms with Crippen molar-refractivity contribution < 1.29 is 9.90 Å². The molecule has 0 saturated carbocycles. The Morgan fingerprint density at radius 2 is 2.19 bits per heavy atom. The third-order valence-electron chi connectivity index (χ3n) is 3.69. The lowest BCUT2D eigenvalue weighted by Crippen LogP contribution is -2.35. The summed E-state index contributed by atoms with van der Waals surface area (Å²) in [6, 6.07) is 5.77. The van der Waals surface area contributed by atoms with Gasteiger partial charge < -0.3 is 15.7 Å². The maximum atomic E-state index is 12.3. The first-order valence-electron chi connectivity index (χ1n) is 7.69. The van der Waals surface area contributed by atoms with E-state index in [0.29, 0.717) is 13.0 Å². The van der Waals surface area contributed by atoms with E-state index in [9.17, 15) is 9.90 Å². The van der Waals surface area contributed by atoms with E-state index in [1.165, 1.54) is 0 Å². The van der Waals surface area contributed by atoms with Crippen molar-refractivity contribution in [3.05, 3.63) is 29.3 Å². The van der Waals surface area contributed by atoms with Crippen molar-refractivity contribution in [2.75, 3.05) is 18.4 Å². The molecule has 116 valence electrons. The Bertz CT molecular complexity index is 506. The van der Waals surface area contributed by atoms with Gasteiger partial charge in [0.25, 0.3) is 5.91 Å². The van der Waals surface area contributed by atoms with Crippen LogP contribution in [0.3, 0.4) is 0 Å². The first kappa shape index (κ1) is 15.8. The molecule has 0 radical (unpaired) electrons. The normalized spacial score (nSPS) is 15.8. The van der Waals surface area contributed by atoms with Crippen LogP contribution in [0.5, 0.6) is 0 Å². The molecule has 1 atom stereocenters. The zero-order valence-corrected chi connectivity index (χ0v) is 13.2. The predicted molar refractivity (Wildman–Crippen MR) is 85.7 cm³/mol. The van der Waals surface area contributed by atoms with Gasteiger partial charge in [-0.15, -0.1) is 0 Å². The van der Waals surface area contributed by atoms with E-state index in [1.54, 1.807) is 0 Å². The van der Waals surface area contributed by atoms with Crippen LogP contribution >= 0.6 is 0 Å². The summed E-state index contributed by atoms with van der Waals surface area (Å²) in [5.41, 5.74) is 2.93. The van der Waals surface area contributed by atoms with E-state index in [4.69, 9.17) is 0 Å². The number of benzene rings is 1. The monoisotopic (exact) mass is 290 g/mol. The van der Waals surface area contributed by atoms with E-state index in [-0.39, 0.29) is 11.3 Å². The van der Waals surface area contributed by atoms with Crippen molar-refractivity contribution in [1.29, 1.82) is 0 Å². The highest BCUT2D eigenvalue weighted by Crippen LogP contribution is 2.25. The van der Waals surface area contributed by atoms with Crippen LogP contribution < -0.4 is 10.6 Å². The summed E-state index contributed by atoms with van der Waals surface area (Å²) in [5, 5.41) is 16.2. The van der Waals surface area contributed by atoms with E-state index < -0.39 is 6.10 Å². The molecule has 1 amide bonds. The Morgan fingerprint density at radius 1 is 1.43 bits per heavy atom. The molecule has 0 aliphatic carbocycles. The van der Waals surface area contributed by atoms with Gasteiger partial charge >= 0.3 is 0 Å². The second-order valence-corrected chi connectivity index (χ2v) is 6.99. The van der Waals surface area contributed by atoms with Crippen LogP contribution in [0.15, 0.2) is 18.2 Å². The first-order valence-corrected chi connectivity index (χ1v) is 7.69. The average Bonchev–Trinajstić information content (AvgIpc) is 2.42. The van der Waals surface area contributed by atoms with Crippen molar-refractivity contribution in [2.24, 2.45) is 5.41 Å². The molecule has 21 heavy (non-hydrogen) atoms. The Labute approximate surface area is 126 Å². The third kappa shape index (κ3) is 4.46. The maximum absolute atomic E-state index is 12.3. The molecule has 0 bridgehead atoms. The van der Waals surface area contributed by atoms with Gasteiger partial charge in [0.1, 0.15) is 0 Å². The van der Waals surface area contributed by atoms with Crippen molar-refractivity contribution >= 4 is 11.6 Å². The molecule has 1 aromatic carbocycles. The summed E-state index contributed by atoms with van der Waals surface area (Å²) in [6.45, 7) is 7.50. The molecule has 1 aliphatic rings. The molecule has 0 fully saturated rings. The number of amides is 1. The highest BCUT2D eigenvalue weighted by atomic mass is 16.3. The van der Waals surface area contributed by atoms with Crippen LogP contribution in [0, 0.1) is 5.41 Å². The molecule has 2 rings (SSSR count). The average molecular weight is 290 g/mol. The van der Waals surface area contributed by atoms with Crippen molar-refractivity contribution in [1.82, 2.24) is 5.32 Å². The van der Waals surface area contributed by atoms with Gasteiger partial charge in [-0.25, -0.2) is 0 Å². The van der Waals surface area contributed by atoms with E-state index in [0.717, 1.165) is 36.2 Å². The van der Waals surface area contributed by atoms with Gasteiger partial charge in [0, 0.05) is 24.3 Å². The quantitative estimate of drug-likeness (QED) is 0.798. The highest BCUT2D eigenvalue weighted by Gasteiger charge is 2.20. The number of hydrogen-bond donors (Lipinski definition) is 3. The molecule has 0 spiro atoms. The lowest BCUT2D eigenvalue weighted by atomic mass is 9.89. The minimum absolute atomic E-state index is 0.0555. The molecular weight excluding hydrogens is 264 g/mol. The van der Waals surface area contributed by atoms with Crippen LogP contribution in [0.25, 0.3) is 0 Å². The fraction of sp³-hybridized carbons (Fsp3) is 0.588. The third-order valence-corrected chi connectivity index (χ3v) is 3.69. The van der Waals surface area contributed by atoms with Crippen molar-refractivity contribution in [3.63, 3.8) is 0 Å². The number of anilines is 1. The number of hydrogen-bond acceptors (Lipinski definition) is 3. The van der Waals surface area contributed by atoms with Gasteiger partial charge in [-0.2, -0.15) is 0 Å². The predicted octanol–water partition coefficient (Wildman–Crippen LogP) is 2.57. The number of carbonyl (C=O) groups is 1. The molecule has 1 aliphatic heterocycles. The van der Waals surface area contributed by atoms with Gasteiger partial charge in [0.15, 0.2) is 0 Å². The van der Waals surface area contributed by atoms with E-state index in [2.05, 4.69) is 31.4 Å². The van der Waals surface area contributed by atoms with Crippen LogP contribution in [0.2, 0.25) is 0 Å². The fourth-order valence-corrected chi connectivity index (χ4v) is 2.81. The number of aliphatic hydroxyl groups is 1. The van der Waals surface area contributed by atoms with Crippen LogP contribution in [-0.4, -0.2) is 30.2 Å². The first-order chi connectivity index (χ1) is 9.87. The standard InChI is InChI=1S/C17H26N2O2/c1-17(2,3)10-12(20)11-19-16(21)14-6-4-8-15-13(14)7-5-9-18-15/h4,6,8,12,18,20H,5,7,9-11H2,1-3H3,(H,19,21). The Hall–Kier alpha value is -1.55. The molecule has 3 N–H and O–H groups in total. The SMILES string of the molecule is CC(C)(C)CC(O)CNC(=O)c1cccc2c1CCCN2. The van der Waals surface area contributed by atoms with Gasteiger partial charge in [0.05, 0.1) is 6.10 Å². The minimum Gasteiger partial charge on any atom is -0.391 e. The molecule has 1 aromatic rings. The van der Waals surface area contributed by atoms with Crippen LogP contribution in [-0.2, 0) is 6.42 Å². The van der Waals surface area contributed by atoms with Crippen molar-refractivity contribution in [2.45, 2.75) is 46.1 Å². The second kappa shape index (κ2) is 6.48. The lowest BCUT2D eigenvalue weighted by molar-refractivity contribution is 0.0867. The fourth-order valence-electron chi connectivity index (χ4n) is 2.81. The zero-order chi connectivity index (χ0) is 15.5. The molecule has 4 nitrogen and oxygen atoms in total. The van der Waals surface area contributed by atoms with Gasteiger partial charge in [-0.3, -0.25) is 4.79 Å². The highest BCUT2D eigenvalue weighted by molar-refractivity contribution is 5.97. The lowest BCUT2D eigenvalue weighted by Gasteiger charge is -2.23. The minimum atomic E-state index is -0.508. The van der Waals surface area contributed by atoms with Crippen LogP contribution in [0.1, 0.15) is 49.5 Å². The van der Waals surface area contributed by atoms with Gasteiger partial charge in [-0.05, 0) is 42.4 Å². The molecular formula is C17H26N2O2. The van der Waals surface area contributed by atoms with E-state index >= 15 is 0 Å². The van der Waals surface area contributed by atoms with Gasteiger partial charge in [0.2, 0.25) is 0 Å². The number of nitrogens with one attached hydrogen (secondary N) is 2. The number of fused-ring (bicyclic) bond motifs is 1. The van der Waals surface area contributed by atoms with Crippen LogP contribution in [0.4, 0.5) is 5.69 Å². The number of carbonyl (C=O) groups excluding carboxylic acids is 1. The molecule has 1 heterocycles. The zero-order valence-electron chi connectivity index (χ0n) is 13.2. The van der Waals surface area contributed by atoms with Crippen molar-refractivity contribution in [3.8, 4) is 0 Å². The molecule has 1 unspecified atom stereocenters. The second-order valence-electron chi connectivity index (χ2n) is 6.99. The summed E-state index contributed by atoms with van der Waals surface area (Å²) >= 11 is 0. The summed E-state index contributed by atoms with van der Waals surface area (Å²) in [6.07, 6.45) is 2.13. The van der Waals surface area contributed by atoms with Gasteiger partial charge in [-0.1, -0.05) is 26.8 Å². The largest absolute Gasteiger partial charge is 0.391 e. The Morgan fingerprint density at radius 3 is 2.90 bits per heavy atom. The summed E-state index contributed by atoms with van der Waals surface area (Å²) in [4.78, 5) is 12.3. The number of aliphatic hydroxyl groups excluding tert-OH is 1. The summed E-state index contributed by atoms with van der Waals surface area (Å²) < 4.78 is 0. The maximum Gasteiger partial charge on any atom is 0.251 e. The molecule has 4 heteroatoms. The topological polar surface area (TPSA) is 61.4 Å².